The van der Waals surface area contributed by atoms with Crippen molar-refractivity contribution in [3.63, 3.8) is 0 Å². The quantitative estimate of drug-likeness (QED) is 0.729. The Morgan fingerprint density at radius 3 is 2.15 bits per heavy atom. The Hall–Kier alpha value is -2.21. The number of halogens is 1. The predicted molar refractivity (Wildman–Crippen MR) is 105 cm³/mol. The highest BCUT2D eigenvalue weighted by molar-refractivity contribution is 7.92. The van der Waals surface area contributed by atoms with Crippen LogP contribution in [0.5, 0.6) is 0 Å². The molecule has 2 atom stereocenters. The van der Waals surface area contributed by atoms with Gasteiger partial charge in [0.1, 0.15) is 11.1 Å². The van der Waals surface area contributed by atoms with E-state index in [4.69, 9.17) is 0 Å². The minimum absolute atomic E-state index is 0.0659. The van der Waals surface area contributed by atoms with Gasteiger partial charge in [-0.2, -0.15) is 0 Å². The Balaban J connectivity index is 2.06. The van der Waals surface area contributed by atoms with Gasteiger partial charge < -0.3 is 5.32 Å². The van der Waals surface area contributed by atoms with E-state index in [0.29, 0.717) is 6.42 Å². The first-order chi connectivity index (χ1) is 12.5. The average molecular weight is 392 g/mol. The maximum atomic E-state index is 13.0. The number of hydrogen-bond donors (Lipinski definition) is 1. The van der Waals surface area contributed by atoms with Crippen LogP contribution in [0, 0.1) is 5.82 Å². The van der Waals surface area contributed by atoms with Gasteiger partial charge in [0.15, 0.2) is 9.84 Å². The molecule has 0 saturated carbocycles. The molecular formula is C21H26FNO3S. The SMILES string of the molecule is CC(CC(C)(C)c1ccccc1)NC(=O)C(C)S(=O)(=O)c1ccc(F)cc1. The van der Waals surface area contributed by atoms with Crippen LogP contribution in [0.15, 0.2) is 59.5 Å². The summed E-state index contributed by atoms with van der Waals surface area (Å²) in [6.45, 7) is 7.39. The second-order valence-corrected chi connectivity index (χ2v) is 9.77. The highest BCUT2D eigenvalue weighted by Crippen LogP contribution is 2.28. The van der Waals surface area contributed by atoms with E-state index in [1.54, 1.807) is 0 Å². The third kappa shape index (κ3) is 5.16. The molecule has 2 unspecified atom stereocenters. The average Bonchev–Trinajstić information content (AvgIpc) is 2.61. The first-order valence-electron chi connectivity index (χ1n) is 8.89. The summed E-state index contributed by atoms with van der Waals surface area (Å²) in [6.07, 6.45) is 0.659. The maximum Gasteiger partial charge on any atom is 0.238 e. The summed E-state index contributed by atoms with van der Waals surface area (Å²) < 4.78 is 38.2. The topological polar surface area (TPSA) is 63.2 Å². The van der Waals surface area contributed by atoms with E-state index in [-0.39, 0.29) is 16.4 Å². The number of sulfone groups is 1. The van der Waals surface area contributed by atoms with Crippen LogP contribution >= 0.6 is 0 Å². The van der Waals surface area contributed by atoms with Crippen molar-refractivity contribution in [2.45, 2.75) is 55.7 Å². The third-order valence-corrected chi connectivity index (χ3v) is 6.81. The lowest BCUT2D eigenvalue weighted by Crippen LogP contribution is -2.44. The van der Waals surface area contributed by atoms with E-state index in [2.05, 4.69) is 19.2 Å². The second kappa shape index (κ2) is 8.21. The number of benzene rings is 2. The maximum absolute atomic E-state index is 13.0. The summed E-state index contributed by atoms with van der Waals surface area (Å²) in [5, 5.41) is 1.54. The Labute approximate surface area is 160 Å². The van der Waals surface area contributed by atoms with Crippen molar-refractivity contribution in [2.75, 3.05) is 0 Å². The first-order valence-corrected chi connectivity index (χ1v) is 10.4. The van der Waals surface area contributed by atoms with Crippen molar-refractivity contribution in [1.82, 2.24) is 5.32 Å². The second-order valence-electron chi connectivity index (χ2n) is 7.50. The largest absolute Gasteiger partial charge is 0.352 e. The van der Waals surface area contributed by atoms with Gasteiger partial charge in [0.2, 0.25) is 5.91 Å². The summed E-state index contributed by atoms with van der Waals surface area (Å²) in [5.41, 5.74) is 0.977. The third-order valence-electron chi connectivity index (χ3n) is 4.74. The number of amides is 1. The van der Waals surface area contributed by atoms with E-state index in [1.165, 1.54) is 19.1 Å². The molecule has 6 heteroatoms. The monoisotopic (exact) mass is 391 g/mol. The molecule has 0 bridgehead atoms. The molecule has 0 fully saturated rings. The van der Waals surface area contributed by atoms with Gasteiger partial charge in [-0.15, -0.1) is 0 Å². The van der Waals surface area contributed by atoms with Crippen LogP contribution in [0.4, 0.5) is 4.39 Å². The molecule has 0 spiro atoms. The van der Waals surface area contributed by atoms with Crippen molar-refractivity contribution in [2.24, 2.45) is 0 Å². The molecule has 0 heterocycles. The van der Waals surface area contributed by atoms with Crippen LogP contribution in [0.25, 0.3) is 0 Å². The van der Waals surface area contributed by atoms with Crippen molar-refractivity contribution >= 4 is 15.7 Å². The summed E-state index contributed by atoms with van der Waals surface area (Å²) in [6, 6.07) is 14.3. The Bertz CT molecular complexity index is 877. The zero-order valence-corrected chi connectivity index (χ0v) is 16.9. The lowest BCUT2D eigenvalue weighted by atomic mass is 9.79. The fraction of sp³-hybridized carbons (Fsp3) is 0.381. The van der Waals surface area contributed by atoms with Crippen LogP contribution in [-0.4, -0.2) is 25.6 Å². The van der Waals surface area contributed by atoms with Crippen molar-refractivity contribution in [1.29, 1.82) is 0 Å². The van der Waals surface area contributed by atoms with Crippen LogP contribution in [0.3, 0.4) is 0 Å². The molecule has 27 heavy (non-hydrogen) atoms. The van der Waals surface area contributed by atoms with Crippen LogP contribution in [0.1, 0.15) is 39.7 Å². The Morgan fingerprint density at radius 2 is 1.59 bits per heavy atom. The molecule has 2 rings (SSSR count). The zero-order chi connectivity index (χ0) is 20.2. The van der Waals surface area contributed by atoms with Gasteiger partial charge >= 0.3 is 0 Å². The molecule has 1 amide bonds. The highest BCUT2D eigenvalue weighted by Gasteiger charge is 2.31. The molecule has 0 radical (unpaired) electrons. The fourth-order valence-corrected chi connectivity index (χ4v) is 4.43. The van der Waals surface area contributed by atoms with Crippen LogP contribution < -0.4 is 5.32 Å². The fourth-order valence-electron chi connectivity index (χ4n) is 3.15. The molecule has 0 aliphatic rings. The standard InChI is InChI=1S/C21H26FNO3S/c1-15(14-21(3,4)17-8-6-5-7-9-17)23-20(24)16(2)27(25,26)19-12-10-18(22)11-13-19/h5-13,15-16H,14H2,1-4H3,(H,23,24). The molecule has 146 valence electrons. The van der Waals surface area contributed by atoms with Gasteiger partial charge in [-0.3, -0.25) is 4.79 Å². The first kappa shape index (κ1) is 21.1. The molecule has 0 aliphatic carbocycles. The van der Waals surface area contributed by atoms with E-state index >= 15 is 0 Å². The zero-order valence-electron chi connectivity index (χ0n) is 16.1. The molecule has 2 aromatic rings. The van der Waals surface area contributed by atoms with Gasteiger partial charge in [0.05, 0.1) is 4.90 Å². The highest BCUT2D eigenvalue weighted by atomic mass is 32.2. The summed E-state index contributed by atoms with van der Waals surface area (Å²) in [4.78, 5) is 12.4. The van der Waals surface area contributed by atoms with E-state index < -0.39 is 26.8 Å². The van der Waals surface area contributed by atoms with Crippen LogP contribution in [0.2, 0.25) is 0 Å². The van der Waals surface area contributed by atoms with E-state index in [0.717, 1.165) is 17.7 Å². The predicted octanol–water partition coefficient (Wildman–Crippen LogP) is 3.86. The molecular weight excluding hydrogens is 365 g/mol. The van der Waals surface area contributed by atoms with Crippen molar-refractivity contribution in [3.05, 3.63) is 66.0 Å². The lowest BCUT2D eigenvalue weighted by molar-refractivity contribution is -0.121. The van der Waals surface area contributed by atoms with Gasteiger partial charge in [-0.1, -0.05) is 44.2 Å². The number of hydrogen-bond acceptors (Lipinski definition) is 3. The van der Waals surface area contributed by atoms with Gasteiger partial charge in [-0.25, -0.2) is 12.8 Å². The molecule has 0 aliphatic heterocycles. The van der Waals surface area contributed by atoms with Gasteiger partial charge in [0.25, 0.3) is 0 Å². The van der Waals surface area contributed by atoms with Crippen molar-refractivity contribution < 1.29 is 17.6 Å². The van der Waals surface area contributed by atoms with Crippen LogP contribution in [-0.2, 0) is 20.0 Å². The summed E-state index contributed by atoms with van der Waals surface area (Å²) in [7, 11) is -3.88. The Kier molecular flexibility index (Phi) is 6.42. The Morgan fingerprint density at radius 1 is 1.04 bits per heavy atom. The number of carbonyl (C=O) groups is 1. The minimum Gasteiger partial charge on any atom is -0.352 e. The summed E-state index contributed by atoms with van der Waals surface area (Å²) in [5.74, 6) is -1.08. The molecule has 2 aromatic carbocycles. The lowest BCUT2D eigenvalue weighted by Gasteiger charge is -2.29. The number of carbonyl (C=O) groups excluding carboxylic acids is 1. The molecule has 0 saturated heterocycles. The van der Waals surface area contributed by atoms with E-state index in [1.807, 2.05) is 37.3 Å². The molecule has 0 aromatic heterocycles. The van der Waals surface area contributed by atoms with Crippen molar-refractivity contribution in [3.8, 4) is 0 Å². The van der Waals surface area contributed by atoms with E-state index in [9.17, 15) is 17.6 Å². The summed E-state index contributed by atoms with van der Waals surface area (Å²) >= 11 is 0. The normalized spacial score (nSPS) is 14.4. The smallest absolute Gasteiger partial charge is 0.238 e. The number of rotatable bonds is 7. The van der Waals surface area contributed by atoms with Gasteiger partial charge in [-0.05, 0) is 55.5 Å². The van der Waals surface area contributed by atoms with Gasteiger partial charge in [0, 0.05) is 6.04 Å². The minimum atomic E-state index is -3.88. The number of nitrogens with one attached hydrogen (secondary N) is 1. The molecule has 4 nitrogen and oxygen atoms in total. The molecule has 1 N–H and O–H groups in total.